The van der Waals surface area contributed by atoms with Crippen molar-refractivity contribution in [2.45, 2.75) is 19.5 Å². The van der Waals surface area contributed by atoms with E-state index in [9.17, 15) is 9.59 Å². The van der Waals surface area contributed by atoms with Crippen molar-refractivity contribution >= 4 is 23.6 Å². The van der Waals surface area contributed by atoms with Gasteiger partial charge < -0.3 is 19.9 Å². The number of amides is 2. The standard InChI is InChI=1S/C33H38N4O3/c1-2-40-25-9-20-37-31(29-13-6-7-14-30(29)33(37)39)34-28-17-15-27(16-18-28)32(38)36-23-21-35(22-24-36)19-8-12-26-10-4-3-5-11-26/h3-8,10-18,31,34H,2,9,19-25H2,1H3/b12-8+. The summed E-state index contributed by atoms with van der Waals surface area (Å²) in [6.45, 7) is 7.91. The van der Waals surface area contributed by atoms with Crippen molar-refractivity contribution in [3.63, 3.8) is 0 Å². The second-order valence-electron chi connectivity index (χ2n) is 10.2. The summed E-state index contributed by atoms with van der Waals surface area (Å²) in [5.74, 6) is 0.0936. The molecule has 0 saturated carbocycles. The average molecular weight is 539 g/mol. The molecule has 5 rings (SSSR count). The van der Waals surface area contributed by atoms with Gasteiger partial charge in [-0.15, -0.1) is 0 Å². The molecule has 0 bridgehead atoms. The number of hydrogen-bond donors (Lipinski definition) is 1. The zero-order valence-corrected chi connectivity index (χ0v) is 23.2. The molecule has 0 aliphatic carbocycles. The summed E-state index contributed by atoms with van der Waals surface area (Å²) >= 11 is 0. The Balaban J connectivity index is 1.16. The first-order chi connectivity index (χ1) is 19.6. The molecule has 1 N–H and O–H groups in total. The van der Waals surface area contributed by atoms with Crippen molar-refractivity contribution in [1.82, 2.24) is 14.7 Å². The van der Waals surface area contributed by atoms with Crippen LogP contribution in [0.2, 0.25) is 0 Å². The number of rotatable bonds is 11. The molecule has 0 spiro atoms. The van der Waals surface area contributed by atoms with E-state index in [0.717, 1.165) is 56.0 Å². The smallest absolute Gasteiger partial charge is 0.256 e. The second kappa shape index (κ2) is 13.4. The molecular weight excluding hydrogens is 500 g/mol. The minimum absolute atomic E-state index is 0.0334. The van der Waals surface area contributed by atoms with Gasteiger partial charge in [-0.2, -0.15) is 0 Å². The Hall–Kier alpha value is -3.94. The fourth-order valence-electron chi connectivity index (χ4n) is 5.32. The highest BCUT2D eigenvalue weighted by atomic mass is 16.5. The van der Waals surface area contributed by atoms with E-state index < -0.39 is 0 Å². The van der Waals surface area contributed by atoms with Crippen LogP contribution in [0.5, 0.6) is 0 Å². The predicted octanol–water partition coefficient (Wildman–Crippen LogP) is 5.15. The quantitative estimate of drug-likeness (QED) is 0.342. The van der Waals surface area contributed by atoms with Gasteiger partial charge in [-0.1, -0.05) is 60.7 Å². The average Bonchev–Trinajstić information content (AvgIpc) is 3.26. The molecule has 2 aliphatic heterocycles. The third kappa shape index (κ3) is 6.61. The lowest BCUT2D eigenvalue weighted by molar-refractivity contribution is 0.0649. The molecular formula is C33H38N4O3. The van der Waals surface area contributed by atoms with Gasteiger partial charge in [0.25, 0.3) is 11.8 Å². The third-order valence-corrected chi connectivity index (χ3v) is 7.52. The lowest BCUT2D eigenvalue weighted by Gasteiger charge is -2.34. The first kappa shape index (κ1) is 27.6. The van der Waals surface area contributed by atoms with Gasteiger partial charge in [0.1, 0.15) is 6.17 Å². The summed E-state index contributed by atoms with van der Waals surface area (Å²) < 4.78 is 5.48. The zero-order chi connectivity index (χ0) is 27.7. The Labute approximate surface area is 237 Å². The summed E-state index contributed by atoms with van der Waals surface area (Å²) in [7, 11) is 0. The molecule has 7 nitrogen and oxygen atoms in total. The number of fused-ring (bicyclic) bond motifs is 1. The molecule has 208 valence electrons. The number of nitrogens with zero attached hydrogens (tertiary/aromatic N) is 3. The van der Waals surface area contributed by atoms with Gasteiger partial charge in [-0.05, 0) is 49.2 Å². The van der Waals surface area contributed by atoms with E-state index in [-0.39, 0.29) is 18.0 Å². The molecule has 2 heterocycles. The number of benzene rings is 3. The van der Waals surface area contributed by atoms with E-state index in [1.807, 2.05) is 83.5 Å². The highest BCUT2D eigenvalue weighted by Crippen LogP contribution is 2.34. The number of ether oxygens (including phenoxy) is 1. The van der Waals surface area contributed by atoms with Crippen LogP contribution in [0, 0.1) is 0 Å². The first-order valence-electron chi connectivity index (χ1n) is 14.2. The molecule has 7 heteroatoms. The molecule has 2 amide bonds. The van der Waals surface area contributed by atoms with Gasteiger partial charge in [-0.3, -0.25) is 14.5 Å². The van der Waals surface area contributed by atoms with Crippen molar-refractivity contribution in [1.29, 1.82) is 0 Å². The maximum atomic E-state index is 13.2. The van der Waals surface area contributed by atoms with Gasteiger partial charge in [0.05, 0.1) is 0 Å². The van der Waals surface area contributed by atoms with Crippen molar-refractivity contribution in [2.24, 2.45) is 0 Å². The highest BCUT2D eigenvalue weighted by molar-refractivity contribution is 5.99. The Bertz CT molecular complexity index is 1300. The fourth-order valence-corrected chi connectivity index (χ4v) is 5.32. The maximum absolute atomic E-state index is 13.2. The molecule has 40 heavy (non-hydrogen) atoms. The third-order valence-electron chi connectivity index (χ3n) is 7.52. The van der Waals surface area contributed by atoms with Gasteiger partial charge in [0, 0.05) is 74.9 Å². The molecule has 3 aromatic carbocycles. The molecule has 1 saturated heterocycles. The van der Waals surface area contributed by atoms with Crippen LogP contribution in [0.4, 0.5) is 5.69 Å². The van der Waals surface area contributed by atoms with E-state index in [1.165, 1.54) is 5.56 Å². The number of anilines is 1. The minimum atomic E-state index is -0.254. The number of carbonyl (C=O) groups excluding carboxylic acids is 2. The summed E-state index contributed by atoms with van der Waals surface area (Å²) in [5.41, 5.74) is 4.46. The fraction of sp³-hybridized carbons (Fsp3) is 0.333. The normalized spacial score (nSPS) is 17.4. The first-order valence-corrected chi connectivity index (χ1v) is 14.2. The highest BCUT2D eigenvalue weighted by Gasteiger charge is 2.36. The number of nitrogens with one attached hydrogen (secondary N) is 1. The Morgan fingerprint density at radius 1 is 0.950 bits per heavy atom. The lowest BCUT2D eigenvalue weighted by Crippen LogP contribution is -2.48. The summed E-state index contributed by atoms with van der Waals surface area (Å²) in [4.78, 5) is 32.5. The largest absolute Gasteiger partial charge is 0.382 e. The molecule has 0 aromatic heterocycles. The number of hydrogen-bond acceptors (Lipinski definition) is 5. The summed E-state index contributed by atoms with van der Waals surface area (Å²) in [6, 6.07) is 25.7. The van der Waals surface area contributed by atoms with Crippen molar-refractivity contribution in [3.05, 3.63) is 107 Å². The summed E-state index contributed by atoms with van der Waals surface area (Å²) in [5, 5.41) is 3.53. The van der Waals surface area contributed by atoms with Gasteiger partial charge >= 0.3 is 0 Å². The lowest BCUT2D eigenvalue weighted by atomic mass is 10.1. The van der Waals surface area contributed by atoms with Gasteiger partial charge in [0.2, 0.25) is 0 Å². The Morgan fingerprint density at radius 2 is 1.68 bits per heavy atom. The number of carbonyl (C=O) groups is 2. The Morgan fingerprint density at radius 3 is 2.42 bits per heavy atom. The predicted molar refractivity (Wildman–Crippen MR) is 159 cm³/mol. The van der Waals surface area contributed by atoms with Crippen LogP contribution in [0.1, 0.15) is 51.4 Å². The molecule has 1 unspecified atom stereocenters. The molecule has 0 radical (unpaired) electrons. The maximum Gasteiger partial charge on any atom is 0.256 e. The van der Waals surface area contributed by atoms with Crippen LogP contribution in [0.3, 0.4) is 0 Å². The van der Waals surface area contributed by atoms with Crippen molar-refractivity contribution in [2.75, 3.05) is 57.8 Å². The van der Waals surface area contributed by atoms with Crippen LogP contribution >= 0.6 is 0 Å². The van der Waals surface area contributed by atoms with E-state index in [1.54, 1.807) is 0 Å². The van der Waals surface area contributed by atoms with Gasteiger partial charge in [-0.25, -0.2) is 0 Å². The van der Waals surface area contributed by atoms with Crippen LogP contribution in [0.25, 0.3) is 6.08 Å². The number of piperazine rings is 1. The molecule has 1 fully saturated rings. The minimum Gasteiger partial charge on any atom is -0.382 e. The molecule has 3 aromatic rings. The van der Waals surface area contributed by atoms with E-state index >= 15 is 0 Å². The SMILES string of the molecule is CCOCCCN1C(=O)c2ccccc2C1Nc1ccc(C(=O)N2CCN(C/C=C/c3ccccc3)CC2)cc1. The van der Waals surface area contributed by atoms with E-state index in [4.69, 9.17) is 4.74 Å². The zero-order valence-electron chi connectivity index (χ0n) is 23.2. The van der Waals surface area contributed by atoms with Crippen molar-refractivity contribution in [3.8, 4) is 0 Å². The Kier molecular flexibility index (Phi) is 9.26. The monoisotopic (exact) mass is 538 g/mol. The van der Waals surface area contributed by atoms with E-state index in [0.29, 0.717) is 25.3 Å². The van der Waals surface area contributed by atoms with Gasteiger partial charge in [0.15, 0.2) is 0 Å². The molecule has 1 atom stereocenters. The summed E-state index contributed by atoms with van der Waals surface area (Å²) in [6.07, 6.45) is 4.86. The van der Waals surface area contributed by atoms with Crippen molar-refractivity contribution < 1.29 is 14.3 Å². The van der Waals surface area contributed by atoms with E-state index in [2.05, 4.69) is 34.5 Å². The van der Waals surface area contributed by atoms with Crippen LogP contribution in [-0.2, 0) is 4.74 Å². The van der Waals surface area contributed by atoms with Crippen LogP contribution < -0.4 is 5.32 Å². The molecule has 2 aliphatic rings. The second-order valence-corrected chi connectivity index (χ2v) is 10.2. The van der Waals surface area contributed by atoms with Crippen LogP contribution in [0.15, 0.2) is 84.9 Å². The topological polar surface area (TPSA) is 65.1 Å². The van der Waals surface area contributed by atoms with Crippen LogP contribution in [-0.4, -0.2) is 79.0 Å².